The molecule has 0 rings (SSSR count). The number of hydrogen-bond donors (Lipinski definition) is 3. The van der Waals surface area contributed by atoms with Crippen LogP contribution in [-0.2, 0) is 4.79 Å². The van der Waals surface area contributed by atoms with Gasteiger partial charge in [-0.2, -0.15) is 0 Å². The Labute approximate surface area is 520 Å². The molecule has 83 heavy (non-hydrogen) atoms. The molecule has 0 bridgehead atoms. The average Bonchev–Trinajstić information content (AvgIpc) is 3.51. The molecule has 4 nitrogen and oxygen atoms in total. The van der Waals surface area contributed by atoms with Gasteiger partial charge in [-0.1, -0.05) is 401 Å². The molecule has 2 atom stereocenters. The van der Waals surface area contributed by atoms with E-state index < -0.39 is 12.1 Å². The monoisotopic (exact) mass is 1160 g/mol. The number of hydrogen-bond acceptors (Lipinski definition) is 3. The van der Waals surface area contributed by atoms with Gasteiger partial charge in [0.2, 0.25) is 5.91 Å². The van der Waals surface area contributed by atoms with Gasteiger partial charge in [0, 0.05) is 6.42 Å². The van der Waals surface area contributed by atoms with Gasteiger partial charge in [0.05, 0.1) is 18.8 Å². The fourth-order valence-corrected chi connectivity index (χ4v) is 11.6. The quantitative estimate of drug-likeness (QED) is 0.0420. The first-order valence-electron chi connectivity index (χ1n) is 37.3. The normalized spacial score (nSPS) is 13.2. The summed E-state index contributed by atoms with van der Waals surface area (Å²) in [6.45, 7) is 4.28. The SMILES string of the molecule is CC/C=C\C/C=C\C/C=C\C/C=C\C/C=C\C/C=C\C/C=C\CCCCCCCCCCCCCCCCCCCC(=O)NC(CO)C(O)CCCCCCCCCCCCCCCCCCCCCCCCCCCCCCCCCC. The molecule has 1 amide bonds. The van der Waals surface area contributed by atoms with E-state index in [1.54, 1.807) is 0 Å². The number of carbonyl (C=O) groups excluding carboxylic acids is 1. The molecular weight excluding hydrogens is 1010 g/mol. The Kier molecular flexibility index (Phi) is 71.7. The second-order valence-corrected chi connectivity index (χ2v) is 25.3. The summed E-state index contributed by atoms with van der Waals surface area (Å²) < 4.78 is 0. The number of aliphatic hydroxyl groups excluding tert-OH is 2. The Morgan fingerprint density at radius 1 is 0.301 bits per heavy atom. The van der Waals surface area contributed by atoms with E-state index in [2.05, 4.69) is 104 Å². The molecule has 4 heteroatoms. The molecular formula is C79H145NO3. The minimum Gasteiger partial charge on any atom is -0.394 e. The van der Waals surface area contributed by atoms with Gasteiger partial charge < -0.3 is 15.5 Å². The molecule has 0 aliphatic carbocycles. The molecule has 0 radical (unpaired) electrons. The van der Waals surface area contributed by atoms with Crippen LogP contribution in [-0.4, -0.2) is 34.9 Å². The van der Waals surface area contributed by atoms with Crippen molar-refractivity contribution in [3.05, 3.63) is 85.1 Å². The standard InChI is InChI=1S/C79H145NO3/c1-3-5-7-9-11-13-15-17-19-21-23-25-27-29-31-33-35-37-38-39-40-41-42-43-45-47-49-51-53-55-57-59-61-63-65-67-69-71-73-75-79(83)80-77(76-81)78(82)74-72-70-68-66-64-62-60-58-56-54-52-50-48-46-44-36-34-32-30-28-26-24-22-20-18-16-14-12-10-8-6-4-2/h5,7,11,13,17,19,23,25,29,31,35,37,39-40,77-78,81-82H,3-4,6,8-10,12,14-16,18,20-22,24,26-28,30,32-34,36,38,41-76H2,1-2H3,(H,80,83)/b7-5-,13-11-,19-17-,25-23-,31-29-,37-35-,40-39-. The van der Waals surface area contributed by atoms with Crippen LogP contribution in [0.1, 0.15) is 393 Å². The molecule has 0 saturated carbocycles. The first kappa shape index (κ1) is 80.6. The smallest absolute Gasteiger partial charge is 0.220 e. The lowest BCUT2D eigenvalue weighted by Crippen LogP contribution is -2.45. The maximum atomic E-state index is 12.6. The Hall–Kier alpha value is -2.43. The molecule has 484 valence electrons. The van der Waals surface area contributed by atoms with Crippen LogP contribution in [0, 0.1) is 0 Å². The van der Waals surface area contributed by atoms with Crippen LogP contribution in [0.25, 0.3) is 0 Å². The maximum absolute atomic E-state index is 12.6. The fourth-order valence-electron chi connectivity index (χ4n) is 11.6. The third kappa shape index (κ3) is 70.2. The average molecular weight is 1160 g/mol. The predicted molar refractivity (Wildman–Crippen MR) is 373 cm³/mol. The van der Waals surface area contributed by atoms with E-state index in [0.29, 0.717) is 12.8 Å². The van der Waals surface area contributed by atoms with E-state index in [4.69, 9.17) is 0 Å². The molecule has 0 aliphatic rings. The summed E-state index contributed by atoms with van der Waals surface area (Å²) in [4.78, 5) is 12.6. The van der Waals surface area contributed by atoms with Crippen molar-refractivity contribution >= 4 is 5.91 Å². The summed E-state index contributed by atoms with van der Waals surface area (Å²) in [7, 11) is 0. The van der Waals surface area contributed by atoms with Crippen molar-refractivity contribution in [3.8, 4) is 0 Å². The maximum Gasteiger partial charge on any atom is 0.220 e. The van der Waals surface area contributed by atoms with Gasteiger partial charge in [-0.05, 0) is 70.6 Å². The van der Waals surface area contributed by atoms with Crippen molar-refractivity contribution in [1.29, 1.82) is 0 Å². The van der Waals surface area contributed by atoms with Gasteiger partial charge in [-0.25, -0.2) is 0 Å². The first-order valence-corrected chi connectivity index (χ1v) is 37.3. The van der Waals surface area contributed by atoms with Crippen molar-refractivity contribution in [3.63, 3.8) is 0 Å². The zero-order valence-electron chi connectivity index (χ0n) is 56.0. The van der Waals surface area contributed by atoms with Gasteiger partial charge in [-0.3, -0.25) is 4.79 Å². The second kappa shape index (κ2) is 73.8. The van der Waals surface area contributed by atoms with Crippen molar-refractivity contribution < 1.29 is 15.0 Å². The van der Waals surface area contributed by atoms with Crippen LogP contribution >= 0.6 is 0 Å². The van der Waals surface area contributed by atoms with Gasteiger partial charge in [-0.15, -0.1) is 0 Å². The van der Waals surface area contributed by atoms with E-state index >= 15 is 0 Å². The summed E-state index contributed by atoms with van der Waals surface area (Å²) in [5, 5.41) is 23.5. The van der Waals surface area contributed by atoms with Crippen LogP contribution in [0.3, 0.4) is 0 Å². The van der Waals surface area contributed by atoms with Gasteiger partial charge in [0.25, 0.3) is 0 Å². The van der Waals surface area contributed by atoms with Gasteiger partial charge in [0.15, 0.2) is 0 Å². The zero-order valence-corrected chi connectivity index (χ0v) is 56.0. The Bertz CT molecular complexity index is 1450. The third-order valence-corrected chi connectivity index (χ3v) is 17.2. The molecule has 0 saturated heterocycles. The number of unbranched alkanes of at least 4 members (excludes halogenated alkanes) is 48. The zero-order chi connectivity index (χ0) is 59.8. The highest BCUT2D eigenvalue weighted by atomic mass is 16.3. The molecule has 2 unspecified atom stereocenters. The first-order chi connectivity index (χ1) is 41.2. The van der Waals surface area contributed by atoms with Crippen LogP contribution in [0.2, 0.25) is 0 Å². The number of aliphatic hydroxyl groups is 2. The van der Waals surface area contributed by atoms with Crippen LogP contribution in [0.5, 0.6) is 0 Å². The second-order valence-electron chi connectivity index (χ2n) is 25.3. The van der Waals surface area contributed by atoms with Crippen LogP contribution in [0.15, 0.2) is 85.1 Å². The fraction of sp³-hybridized carbons (Fsp3) is 0.810. The summed E-state index contributed by atoms with van der Waals surface area (Å²) in [5.41, 5.74) is 0. The third-order valence-electron chi connectivity index (χ3n) is 17.2. The lowest BCUT2D eigenvalue weighted by atomic mass is 10.0. The molecule has 0 fully saturated rings. The largest absolute Gasteiger partial charge is 0.394 e. The molecule has 0 aromatic carbocycles. The minimum atomic E-state index is -0.664. The van der Waals surface area contributed by atoms with Crippen molar-refractivity contribution in [2.45, 2.75) is 405 Å². The number of carbonyl (C=O) groups is 1. The lowest BCUT2D eigenvalue weighted by molar-refractivity contribution is -0.123. The lowest BCUT2D eigenvalue weighted by Gasteiger charge is -2.22. The van der Waals surface area contributed by atoms with Crippen molar-refractivity contribution in [1.82, 2.24) is 5.32 Å². The molecule has 0 heterocycles. The van der Waals surface area contributed by atoms with E-state index in [1.807, 2.05) is 0 Å². The van der Waals surface area contributed by atoms with Crippen LogP contribution in [0.4, 0.5) is 0 Å². The summed E-state index contributed by atoms with van der Waals surface area (Å²) in [5.74, 6) is -0.0264. The van der Waals surface area contributed by atoms with E-state index in [9.17, 15) is 15.0 Å². The number of nitrogens with one attached hydrogen (secondary N) is 1. The predicted octanol–water partition coefficient (Wildman–Crippen LogP) is 25.8. The Balaban J connectivity index is 3.43. The molecule has 3 N–H and O–H groups in total. The molecule has 0 aromatic rings. The van der Waals surface area contributed by atoms with E-state index in [1.165, 1.54) is 295 Å². The highest BCUT2D eigenvalue weighted by molar-refractivity contribution is 5.76. The topological polar surface area (TPSA) is 69.6 Å². The van der Waals surface area contributed by atoms with Crippen molar-refractivity contribution in [2.75, 3.05) is 6.61 Å². The van der Waals surface area contributed by atoms with Crippen LogP contribution < -0.4 is 5.32 Å². The molecule has 0 spiro atoms. The highest BCUT2D eigenvalue weighted by Gasteiger charge is 2.20. The Morgan fingerprint density at radius 2 is 0.530 bits per heavy atom. The summed E-state index contributed by atoms with van der Waals surface area (Å²) in [6, 6.07) is -0.541. The van der Waals surface area contributed by atoms with Crippen molar-refractivity contribution in [2.24, 2.45) is 0 Å². The summed E-state index contributed by atoms with van der Waals surface area (Å²) >= 11 is 0. The Morgan fingerprint density at radius 3 is 0.795 bits per heavy atom. The number of rotatable bonds is 69. The van der Waals surface area contributed by atoms with E-state index in [-0.39, 0.29) is 12.5 Å². The summed E-state index contributed by atoms with van der Waals surface area (Å²) in [6.07, 6.45) is 108. The number of allylic oxidation sites excluding steroid dienone is 14. The van der Waals surface area contributed by atoms with Gasteiger partial charge >= 0.3 is 0 Å². The molecule has 0 aromatic heterocycles. The minimum absolute atomic E-state index is 0.0264. The van der Waals surface area contributed by atoms with E-state index in [0.717, 1.165) is 70.6 Å². The highest BCUT2D eigenvalue weighted by Crippen LogP contribution is 2.19. The number of amides is 1. The van der Waals surface area contributed by atoms with Gasteiger partial charge in [0.1, 0.15) is 0 Å². The molecule has 0 aliphatic heterocycles.